The highest BCUT2D eigenvalue weighted by atomic mass is 16.5. The molecule has 6 heteroatoms. The lowest BCUT2D eigenvalue weighted by atomic mass is 9.94. The number of rotatable bonds is 8. The molecule has 2 aromatic carbocycles. The van der Waals surface area contributed by atoms with Gasteiger partial charge in [0.2, 0.25) is 5.91 Å². The molecule has 1 fully saturated rings. The maximum Gasteiger partial charge on any atom is 0.354 e. The summed E-state index contributed by atoms with van der Waals surface area (Å²) in [6.45, 7) is 3.54. The Balaban J connectivity index is 1.50. The average Bonchev–Trinajstić information content (AvgIpc) is 3.22. The molecule has 1 amide bonds. The number of carbonyl (C=O) groups excluding carboxylic acids is 2. The molecule has 0 aliphatic heterocycles. The molecule has 180 valence electrons. The van der Waals surface area contributed by atoms with Gasteiger partial charge < -0.3 is 19.5 Å². The number of amides is 1. The fourth-order valence-corrected chi connectivity index (χ4v) is 4.90. The molecule has 34 heavy (non-hydrogen) atoms. The molecule has 1 aliphatic carbocycles. The number of carbonyl (C=O) groups is 2. The van der Waals surface area contributed by atoms with Crippen molar-refractivity contribution in [1.82, 2.24) is 14.8 Å². The number of ether oxygens (including phenoxy) is 1. The smallest absolute Gasteiger partial charge is 0.354 e. The van der Waals surface area contributed by atoms with Crippen LogP contribution in [0.3, 0.4) is 0 Å². The molecule has 1 heterocycles. The molecular formula is C28H35N3O3. The standard InChI is InChI=1S/C28H35N3O3/c1-20-9-11-21(12-10-20)22-13-14-23-18-26(28(33)34-3)31(25(23)17-22)19-27(32)29-15-16-30(2)24-7-5-4-6-8-24/h9-14,17-18,24H,4-8,15-16,19H2,1-3H3,(H,29,32). The van der Waals surface area contributed by atoms with Gasteiger partial charge in [0.15, 0.2) is 0 Å². The second kappa shape index (κ2) is 10.9. The maximum absolute atomic E-state index is 12.9. The maximum atomic E-state index is 12.9. The van der Waals surface area contributed by atoms with Crippen molar-refractivity contribution in [3.8, 4) is 11.1 Å². The quantitative estimate of drug-likeness (QED) is 0.490. The van der Waals surface area contributed by atoms with Crippen molar-refractivity contribution in [3.63, 3.8) is 0 Å². The van der Waals surface area contributed by atoms with E-state index in [4.69, 9.17) is 4.74 Å². The molecule has 1 N–H and O–H groups in total. The van der Waals surface area contributed by atoms with Crippen molar-refractivity contribution in [2.24, 2.45) is 0 Å². The van der Waals surface area contributed by atoms with E-state index in [0.717, 1.165) is 28.6 Å². The third kappa shape index (κ3) is 5.50. The summed E-state index contributed by atoms with van der Waals surface area (Å²) >= 11 is 0. The Morgan fingerprint density at radius 2 is 1.74 bits per heavy atom. The zero-order valence-electron chi connectivity index (χ0n) is 20.5. The summed E-state index contributed by atoms with van der Waals surface area (Å²) in [5, 5.41) is 3.94. The number of nitrogens with zero attached hydrogens (tertiary/aromatic N) is 2. The molecule has 1 aromatic heterocycles. The number of likely N-dealkylation sites (N-methyl/N-ethyl adjacent to an activating group) is 1. The SMILES string of the molecule is COC(=O)c1cc2ccc(-c3ccc(C)cc3)cc2n1CC(=O)NCCN(C)C1CCCCC1. The van der Waals surface area contributed by atoms with E-state index in [2.05, 4.69) is 48.5 Å². The molecule has 0 atom stereocenters. The predicted octanol–water partition coefficient (Wildman–Crippen LogP) is 4.78. The normalized spacial score (nSPS) is 14.5. The number of hydrogen-bond acceptors (Lipinski definition) is 4. The van der Waals surface area contributed by atoms with Gasteiger partial charge in [0, 0.05) is 30.0 Å². The largest absolute Gasteiger partial charge is 0.464 e. The first-order valence-electron chi connectivity index (χ1n) is 12.2. The number of fused-ring (bicyclic) bond motifs is 1. The van der Waals surface area contributed by atoms with Crippen LogP contribution < -0.4 is 5.32 Å². The molecule has 0 radical (unpaired) electrons. The minimum atomic E-state index is -0.446. The van der Waals surface area contributed by atoms with E-state index in [1.165, 1.54) is 44.8 Å². The first-order valence-corrected chi connectivity index (χ1v) is 12.2. The molecule has 3 aromatic rings. The molecule has 1 aliphatic rings. The lowest BCUT2D eigenvalue weighted by Gasteiger charge is -2.31. The molecular weight excluding hydrogens is 426 g/mol. The van der Waals surface area contributed by atoms with E-state index < -0.39 is 5.97 Å². The highest BCUT2D eigenvalue weighted by Crippen LogP contribution is 2.28. The molecule has 0 spiro atoms. The van der Waals surface area contributed by atoms with Crippen LogP contribution in [0.15, 0.2) is 48.5 Å². The van der Waals surface area contributed by atoms with Crippen molar-refractivity contribution in [1.29, 1.82) is 0 Å². The van der Waals surface area contributed by atoms with Crippen molar-refractivity contribution in [2.45, 2.75) is 51.6 Å². The number of benzene rings is 2. The van der Waals surface area contributed by atoms with Crippen LogP contribution in [-0.4, -0.2) is 54.6 Å². The summed E-state index contributed by atoms with van der Waals surface area (Å²) in [5.74, 6) is -0.557. The molecule has 0 unspecified atom stereocenters. The van der Waals surface area contributed by atoms with Crippen LogP contribution in [0.5, 0.6) is 0 Å². The van der Waals surface area contributed by atoms with Crippen LogP contribution in [0, 0.1) is 6.92 Å². The number of aryl methyl sites for hydroxylation is 1. The van der Waals surface area contributed by atoms with Gasteiger partial charge in [0.1, 0.15) is 12.2 Å². The Labute approximate surface area is 201 Å². The first kappa shape index (κ1) is 24.0. The summed E-state index contributed by atoms with van der Waals surface area (Å²) in [4.78, 5) is 27.7. The Kier molecular flexibility index (Phi) is 7.68. The van der Waals surface area contributed by atoms with Crippen molar-refractivity contribution < 1.29 is 14.3 Å². The highest BCUT2D eigenvalue weighted by molar-refractivity contribution is 5.98. The summed E-state index contributed by atoms with van der Waals surface area (Å²) in [5.41, 5.74) is 4.56. The van der Waals surface area contributed by atoms with E-state index in [0.29, 0.717) is 18.3 Å². The average molecular weight is 462 g/mol. The first-order chi connectivity index (χ1) is 16.5. The van der Waals surface area contributed by atoms with Gasteiger partial charge in [-0.3, -0.25) is 4.79 Å². The molecule has 4 rings (SSSR count). The Morgan fingerprint density at radius 1 is 1.03 bits per heavy atom. The molecule has 6 nitrogen and oxygen atoms in total. The van der Waals surface area contributed by atoms with Gasteiger partial charge in [0.25, 0.3) is 0 Å². The van der Waals surface area contributed by atoms with Gasteiger partial charge in [-0.25, -0.2) is 4.79 Å². The van der Waals surface area contributed by atoms with Crippen LogP contribution >= 0.6 is 0 Å². The van der Waals surface area contributed by atoms with E-state index >= 15 is 0 Å². The van der Waals surface area contributed by atoms with E-state index in [1.54, 1.807) is 10.6 Å². The minimum Gasteiger partial charge on any atom is -0.464 e. The van der Waals surface area contributed by atoms with Crippen LogP contribution in [0.1, 0.15) is 48.2 Å². The molecule has 0 saturated heterocycles. The second-order valence-corrected chi connectivity index (χ2v) is 9.37. The van der Waals surface area contributed by atoms with Gasteiger partial charge >= 0.3 is 5.97 Å². The Bertz CT molecular complexity index is 1140. The topological polar surface area (TPSA) is 63.6 Å². The summed E-state index contributed by atoms with van der Waals surface area (Å²) < 4.78 is 6.76. The number of esters is 1. The number of methoxy groups -OCH3 is 1. The number of hydrogen-bond donors (Lipinski definition) is 1. The lowest BCUT2D eigenvalue weighted by Crippen LogP contribution is -2.40. The fourth-order valence-electron chi connectivity index (χ4n) is 4.90. The van der Waals surface area contributed by atoms with Crippen LogP contribution in [0.25, 0.3) is 22.0 Å². The van der Waals surface area contributed by atoms with Crippen LogP contribution in [0.2, 0.25) is 0 Å². The lowest BCUT2D eigenvalue weighted by molar-refractivity contribution is -0.121. The third-order valence-electron chi connectivity index (χ3n) is 6.97. The fraction of sp³-hybridized carbons (Fsp3) is 0.429. The van der Waals surface area contributed by atoms with Crippen LogP contribution in [0.4, 0.5) is 0 Å². The van der Waals surface area contributed by atoms with Gasteiger partial charge in [-0.05, 0) is 50.1 Å². The number of aromatic nitrogens is 1. The van der Waals surface area contributed by atoms with Crippen LogP contribution in [-0.2, 0) is 16.1 Å². The molecule has 0 bridgehead atoms. The Hall–Kier alpha value is -3.12. The van der Waals surface area contributed by atoms with Gasteiger partial charge in [-0.15, -0.1) is 0 Å². The summed E-state index contributed by atoms with van der Waals surface area (Å²) in [6, 6.07) is 16.8. The van der Waals surface area contributed by atoms with Crippen molar-refractivity contribution in [2.75, 3.05) is 27.2 Å². The summed E-state index contributed by atoms with van der Waals surface area (Å²) in [7, 11) is 3.51. The zero-order chi connectivity index (χ0) is 24.1. The van der Waals surface area contributed by atoms with Gasteiger partial charge in [-0.1, -0.05) is 61.2 Å². The minimum absolute atomic E-state index is 0.0679. The number of nitrogens with one attached hydrogen (secondary N) is 1. The predicted molar refractivity (Wildman–Crippen MR) is 136 cm³/mol. The van der Waals surface area contributed by atoms with Crippen molar-refractivity contribution >= 4 is 22.8 Å². The van der Waals surface area contributed by atoms with E-state index in [9.17, 15) is 9.59 Å². The zero-order valence-corrected chi connectivity index (χ0v) is 20.5. The van der Waals surface area contributed by atoms with E-state index in [-0.39, 0.29) is 12.5 Å². The van der Waals surface area contributed by atoms with E-state index in [1.807, 2.05) is 18.2 Å². The Morgan fingerprint density at radius 3 is 2.44 bits per heavy atom. The summed E-state index contributed by atoms with van der Waals surface area (Å²) in [6.07, 6.45) is 6.41. The highest BCUT2D eigenvalue weighted by Gasteiger charge is 2.20. The van der Waals surface area contributed by atoms with Crippen molar-refractivity contribution in [3.05, 3.63) is 59.8 Å². The molecule has 1 saturated carbocycles. The van der Waals surface area contributed by atoms with Gasteiger partial charge in [0.05, 0.1) is 7.11 Å². The second-order valence-electron chi connectivity index (χ2n) is 9.37. The monoisotopic (exact) mass is 461 g/mol. The van der Waals surface area contributed by atoms with Gasteiger partial charge in [-0.2, -0.15) is 0 Å². The third-order valence-corrected chi connectivity index (χ3v) is 6.97.